The SMILES string of the molecule is Cc1ccc(-c2n[nH]n3c2nc(=O)c2sc4nccnc4c23)cc1. The summed E-state index contributed by atoms with van der Waals surface area (Å²) in [5.41, 5.74) is 4.24. The summed E-state index contributed by atoms with van der Waals surface area (Å²) in [5, 5.41) is 7.32. The molecule has 0 aliphatic carbocycles. The van der Waals surface area contributed by atoms with Crippen LogP contribution >= 0.6 is 11.3 Å². The van der Waals surface area contributed by atoms with E-state index in [4.69, 9.17) is 0 Å². The van der Waals surface area contributed by atoms with Crippen molar-refractivity contribution < 1.29 is 0 Å². The van der Waals surface area contributed by atoms with Gasteiger partial charge in [0.25, 0.3) is 5.56 Å². The molecule has 0 aliphatic rings. The fraction of sp³-hybridized carbons (Fsp3) is 0.0625. The molecule has 0 saturated heterocycles. The molecule has 0 spiro atoms. The molecular formula is C16H10N6OS. The minimum absolute atomic E-state index is 0.287. The van der Waals surface area contributed by atoms with Crippen molar-refractivity contribution in [1.82, 2.24) is 29.8 Å². The Balaban J connectivity index is 1.93. The predicted molar refractivity (Wildman–Crippen MR) is 92.3 cm³/mol. The summed E-state index contributed by atoms with van der Waals surface area (Å²) in [6.45, 7) is 2.02. The maximum atomic E-state index is 12.5. The Kier molecular flexibility index (Phi) is 2.60. The van der Waals surface area contributed by atoms with E-state index in [0.29, 0.717) is 31.9 Å². The summed E-state index contributed by atoms with van der Waals surface area (Å²) in [6.07, 6.45) is 3.23. The lowest BCUT2D eigenvalue weighted by Gasteiger charge is -1.99. The number of nitrogens with one attached hydrogen (secondary N) is 1. The summed E-state index contributed by atoms with van der Waals surface area (Å²) in [5.74, 6) is 0. The van der Waals surface area contributed by atoms with Crippen LogP contribution in [-0.2, 0) is 0 Å². The third-order valence-corrected chi connectivity index (χ3v) is 5.00. The van der Waals surface area contributed by atoms with Gasteiger partial charge in [0.2, 0.25) is 0 Å². The van der Waals surface area contributed by atoms with Gasteiger partial charge in [0.15, 0.2) is 5.65 Å². The first-order valence-electron chi connectivity index (χ1n) is 7.30. The highest BCUT2D eigenvalue weighted by Gasteiger charge is 2.18. The van der Waals surface area contributed by atoms with Crippen molar-refractivity contribution in [3.63, 3.8) is 0 Å². The summed E-state index contributed by atoms with van der Waals surface area (Å²) in [7, 11) is 0. The second kappa shape index (κ2) is 4.68. The lowest BCUT2D eigenvalue weighted by atomic mass is 10.1. The first-order valence-corrected chi connectivity index (χ1v) is 8.11. The number of nitrogens with zero attached hydrogens (tertiary/aromatic N) is 5. The average molecular weight is 334 g/mol. The molecule has 0 saturated carbocycles. The molecule has 0 bridgehead atoms. The number of thiophene rings is 1. The smallest absolute Gasteiger partial charge is 0.266 e. The van der Waals surface area contributed by atoms with Crippen LogP contribution in [0.3, 0.4) is 0 Å². The molecule has 0 fully saturated rings. The number of rotatable bonds is 1. The first-order chi connectivity index (χ1) is 11.7. The zero-order chi connectivity index (χ0) is 16.3. The molecule has 4 heterocycles. The zero-order valence-electron chi connectivity index (χ0n) is 12.5. The second-order valence-electron chi connectivity index (χ2n) is 5.49. The van der Waals surface area contributed by atoms with Crippen LogP contribution in [0.25, 0.3) is 37.5 Å². The van der Waals surface area contributed by atoms with Crippen LogP contribution in [0.15, 0.2) is 41.5 Å². The number of aryl methyl sites for hydroxylation is 1. The summed E-state index contributed by atoms with van der Waals surface area (Å²) < 4.78 is 2.23. The highest BCUT2D eigenvalue weighted by atomic mass is 32.1. The number of hydrogen-bond acceptors (Lipinski definition) is 6. The van der Waals surface area contributed by atoms with E-state index in [-0.39, 0.29) is 5.56 Å². The van der Waals surface area contributed by atoms with E-state index in [2.05, 4.69) is 25.3 Å². The van der Waals surface area contributed by atoms with Gasteiger partial charge < -0.3 is 0 Å². The van der Waals surface area contributed by atoms with Crippen LogP contribution in [0.1, 0.15) is 5.56 Å². The average Bonchev–Trinajstić information content (AvgIpc) is 3.17. The van der Waals surface area contributed by atoms with Gasteiger partial charge in [-0.2, -0.15) is 10.1 Å². The minimum Gasteiger partial charge on any atom is -0.266 e. The molecule has 1 N–H and O–H groups in total. The number of hydrogen-bond donors (Lipinski definition) is 1. The molecule has 5 aromatic rings. The van der Waals surface area contributed by atoms with Crippen LogP contribution in [0.4, 0.5) is 0 Å². The molecule has 1 aromatic carbocycles. The van der Waals surface area contributed by atoms with Crippen molar-refractivity contribution in [2.24, 2.45) is 0 Å². The molecule has 0 unspecified atom stereocenters. The molecule has 116 valence electrons. The lowest BCUT2D eigenvalue weighted by molar-refractivity contribution is 0.877. The van der Waals surface area contributed by atoms with Gasteiger partial charge in [-0.25, -0.2) is 19.7 Å². The highest BCUT2D eigenvalue weighted by Crippen LogP contribution is 2.30. The third-order valence-electron chi connectivity index (χ3n) is 3.94. The molecule has 8 heteroatoms. The van der Waals surface area contributed by atoms with E-state index < -0.39 is 0 Å². The van der Waals surface area contributed by atoms with Gasteiger partial charge in [-0.1, -0.05) is 29.8 Å². The summed E-state index contributed by atoms with van der Waals surface area (Å²) >= 11 is 1.29. The van der Waals surface area contributed by atoms with Gasteiger partial charge in [-0.05, 0) is 6.92 Å². The van der Waals surface area contributed by atoms with Crippen LogP contribution in [0.5, 0.6) is 0 Å². The number of aromatic nitrogens is 6. The Bertz CT molecular complexity index is 1280. The molecule has 0 aliphatic heterocycles. The molecule has 24 heavy (non-hydrogen) atoms. The van der Waals surface area contributed by atoms with Crippen LogP contribution in [0, 0.1) is 6.92 Å². The van der Waals surface area contributed by atoms with Crippen molar-refractivity contribution >= 4 is 37.5 Å². The third kappa shape index (κ3) is 1.74. The second-order valence-corrected chi connectivity index (χ2v) is 6.49. The Labute approximate surface area is 138 Å². The molecule has 7 nitrogen and oxygen atoms in total. The van der Waals surface area contributed by atoms with Gasteiger partial charge in [-0.3, -0.25) is 4.79 Å². The number of fused-ring (bicyclic) bond motifs is 5. The fourth-order valence-corrected chi connectivity index (χ4v) is 3.75. The maximum absolute atomic E-state index is 12.5. The predicted octanol–water partition coefficient (Wildman–Crippen LogP) is 2.55. The number of benzene rings is 1. The first kappa shape index (κ1) is 13.3. The topological polar surface area (TPSA) is 88.8 Å². The molecule has 0 radical (unpaired) electrons. The summed E-state index contributed by atoms with van der Waals surface area (Å²) in [4.78, 5) is 26.1. The van der Waals surface area contributed by atoms with E-state index in [1.54, 1.807) is 16.9 Å². The largest absolute Gasteiger partial charge is 0.291 e. The van der Waals surface area contributed by atoms with Gasteiger partial charge in [0.1, 0.15) is 26.3 Å². The quantitative estimate of drug-likeness (QED) is 0.509. The standard InChI is InChI=1S/C16H10N6OS/c1-8-2-4-9(5-3-8)10-14-19-15(23)13-12(22(14)21-20-10)11-16(24-13)18-7-6-17-11/h2-7,21H,1H3. The van der Waals surface area contributed by atoms with E-state index in [9.17, 15) is 4.79 Å². The van der Waals surface area contributed by atoms with Crippen LogP contribution in [-0.4, -0.2) is 29.8 Å². The Morgan fingerprint density at radius 1 is 1.12 bits per heavy atom. The van der Waals surface area contributed by atoms with Crippen molar-refractivity contribution in [2.45, 2.75) is 6.92 Å². The Morgan fingerprint density at radius 2 is 1.92 bits per heavy atom. The summed E-state index contributed by atoms with van der Waals surface area (Å²) in [6, 6.07) is 7.94. The van der Waals surface area contributed by atoms with Gasteiger partial charge >= 0.3 is 0 Å². The molecule has 4 aromatic heterocycles. The Hall–Kier alpha value is -3.13. The van der Waals surface area contributed by atoms with Gasteiger partial charge in [0, 0.05) is 18.0 Å². The fourth-order valence-electron chi connectivity index (χ4n) is 2.78. The molecular weight excluding hydrogens is 324 g/mol. The monoisotopic (exact) mass is 334 g/mol. The van der Waals surface area contributed by atoms with Crippen molar-refractivity contribution in [3.8, 4) is 11.3 Å². The van der Waals surface area contributed by atoms with Crippen molar-refractivity contribution in [1.29, 1.82) is 0 Å². The Morgan fingerprint density at radius 3 is 2.75 bits per heavy atom. The maximum Gasteiger partial charge on any atom is 0.291 e. The lowest BCUT2D eigenvalue weighted by Crippen LogP contribution is -2.08. The molecule has 0 atom stereocenters. The zero-order valence-corrected chi connectivity index (χ0v) is 13.3. The number of aromatic amines is 1. The van der Waals surface area contributed by atoms with E-state index in [1.807, 2.05) is 31.2 Å². The van der Waals surface area contributed by atoms with Crippen molar-refractivity contribution in [2.75, 3.05) is 0 Å². The van der Waals surface area contributed by atoms with E-state index >= 15 is 0 Å². The molecule has 0 amide bonds. The van der Waals surface area contributed by atoms with E-state index in [0.717, 1.165) is 11.1 Å². The van der Waals surface area contributed by atoms with E-state index in [1.165, 1.54) is 11.3 Å². The minimum atomic E-state index is -0.287. The van der Waals surface area contributed by atoms with Gasteiger partial charge in [-0.15, -0.1) is 11.3 Å². The van der Waals surface area contributed by atoms with Gasteiger partial charge in [0.05, 0.1) is 0 Å². The normalized spacial score (nSPS) is 11.7. The number of H-pyrrole nitrogens is 1. The van der Waals surface area contributed by atoms with Crippen LogP contribution in [0.2, 0.25) is 0 Å². The molecule has 5 rings (SSSR count). The van der Waals surface area contributed by atoms with Crippen LogP contribution < -0.4 is 5.56 Å². The highest BCUT2D eigenvalue weighted by molar-refractivity contribution is 7.25. The van der Waals surface area contributed by atoms with Crippen molar-refractivity contribution in [3.05, 3.63) is 52.6 Å².